The number of anilines is 1. The van der Waals surface area contributed by atoms with Crippen LogP contribution >= 0.6 is 11.3 Å². The lowest BCUT2D eigenvalue weighted by molar-refractivity contribution is 0.102. The molecule has 0 unspecified atom stereocenters. The van der Waals surface area contributed by atoms with Gasteiger partial charge in [-0.05, 0) is 23.8 Å². The van der Waals surface area contributed by atoms with Gasteiger partial charge < -0.3 is 4.42 Å². The molecule has 0 bridgehead atoms. The number of hydrogen-bond donors (Lipinski definition) is 1. The third-order valence-corrected chi connectivity index (χ3v) is 5.14. The topological polar surface area (TPSA) is 58.4 Å². The summed E-state index contributed by atoms with van der Waals surface area (Å²) in [7, 11) is 0. The smallest absolute Gasteiger partial charge is 0.260 e. The maximum absolute atomic E-state index is 13.3. The fourth-order valence-corrected chi connectivity index (χ4v) is 4.01. The highest BCUT2D eigenvalue weighted by atomic mass is 32.1. The number of benzene rings is 1. The van der Waals surface area contributed by atoms with Gasteiger partial charge in [0.2, 0.25) is 0 Å². The highest BCUT2D eigenvalue weighted by Gasteiger charge is 2.22. The predicted molar refractivity (Wildman–Crippen MR) is 93.0 cm³/mol. The Hall–Kier alpha value is -2.58. The first-order chi connectivity index (χ1) is 12.6. The molecule has 1 aliphatic rings. The van der Waals surface area contributed by atoms with Crippen LogP contribution in [0.4, 0.5) is 13.9 Å². The second-order valence-corrected chi connectivity index (χ2v) is 7.18. The molecule has 0 saturated carbocycles. The number of nitrogens with one attached hydrogen (secondary N) is 1. The van der Waals surface area contributed by atoms with Crippen LogP contribution in [0.25, 0.3) is 0 Å². The molecule has 3 aromatic rings. The van der Waals surface area contributed by atoms with E-state index in [4.69, 9.17) is 4.42 Å². The zero-order chi connectivity index (χ0) is 18.1. The maximum atomic E-state index is 13.3. The summed E-state index contributed by atoms with van der Waals surface area (Å²) in [6.45, 7) is 1.83. The molecule has 2 aromatic heterocycles. The summed E-state index contributed by atoms with van der Waals surface area (Å²) in [5, 5.41) is 3.31. The maximum Gasteiger partial charge on any atom is 0.260 e. The number of carbonyl (C=O) groups is 1. The molecule has 1 aromatic carbocycles. The highest BCUT2D eigenvalue weighted by molar-refractivity contribution is 7.15. The minimum Gasteiger partial charge on any atom is -0.472 e. The molecule has 134 valence electrons. The van der Waals surface area contributed by atoms with Crippen molar-refractivity contribution in [3.05, 3.63) is 70.1 Å². The summed E-state index contributed by atoms with van der Waals surface area (Å²) in [6.07, 6.45) is 3.54. The second kappa shape index (κ2) is 6.97. The van der Waals surface area contributed by atoms with Crippen LogP contribution in [-0.2, 0) is 19.5 Å². The molecular formula is C18H15F2N3O2S. The van der Waals surface area contributed by atoms with E-state index in [1.807, 2.05) is 0 Å². The van der Waals surface area contributed by atoms with Gasteiger partial charge in [0.05, 0.1) is 17.5 Å². The number of rotatable bonds is 4. The van der Waals surface area contributed by atoms with Gasteiger partial charge in [-0.2, -0.15) is 0 Å². The standard InChI is InChI=1S/C18H15F2N3O2S/c19-13-5-11(6-14(20)7-13)8-23-3-1-15-16(9-23)26-18(21-15)22-17(24)12-2-4-25-10-12/h2,4-7,10H,1,3,8-9H2,(H,21,22,24). The Labute approximate surface area is 152 Å². The fraction of sp³-hybridized carbons (Fsp3) is 0.222. The molecule has 26 heavy (non-hydrogen) atoms. The van der Waals surface area contributed by atoms with E-state index in [1.165, 1.54) is 36.0 Å². The monoisotopic (exact) mass is 375 g/mol. The molecule has 0 fully saturated rings. The minimum absolute atomic E-state index is 0.267. The van der Waals surface area contributed by atoms with Crippen molar-refractivity contribution in [3.8, 4) is 0 Å². The second-order valence-electron chi connectivity index (χ2n) is 6.09. The van der Waals surface area contributed by atoms with Gasteiger partial charge in [-0.3, -0.25) is 15.0 Å². The Morgan fingerprint density at radius 3 is 2.85 bits per heavy atom. The van der Waals surface area contributed by atoms with E-state index < -0.39 is 11.6 Å². The van der Waals surface area contributed by atoms with Crippen LogP contribution in [0.5, 0.6) is 0 Å². The van der Waals surface area contributed by atoms with Crippen molar-refractivity contribution in [2.75, 3.05) is 11.9 Å². The number of amides is 1. The van der Waals surface area contributed by atoms with E-state index in [0.717, 1.165) is 29.6 Å². The quantitative estimate of drug-likeness (QED) is 0.753. The molecule has 1 N–H and O–H groups in total. The summed E-state index contributed by atoms with van der Waals surface area (Å²) in [4.78, 5) is 19.7. The first-order valence-corrected chi connectivity index (χ1v) is 8.88. The van der Waals surface area contributed by atoms with Gasteiger partial charge in [0.25, 0.3) is 5.91 Å². The average Bonchev–Trinajstić information content (AvgIpc) is 3.22. The number of fused-ring (bicyclic) bond motifs is 1. The molecule has 0 atom stereocenters. The Morgan fingerprint density at radius 1 is 1.31 bits per heavy atom. The normalized spacial score (nSPS) is 14.2. The van der Waals surface area contributed by atoms with Crippen molar-refractivity contribution >= 4 is 22.4 Å². The third-order valence-electron chi connectivity index (χ3n) is 4.14. The molecular weight excluding hydrogens is 360 g/mol. The van der Waals surface area contributed by atoms with Gasteiger partial charge in [0.15, 0.2) is 5.13 Å². The predicted octanol–water partition coefficient (Wildman–Crippen LogP) is 3.82. The van der Waals surface area contributed by atoms with E-state index in [2.05, 4.69) is 15.2 Å². The number of halogens is 2. The largest absolute Gasteiger partial charge is 0.472 e. The van der Waals surface area contributed by atoms with Crippen LogP contribution in [-0.4, -0.2) is 22.3 Å². The van der Waals surface area contributed by atoms with E-state index in [-0.39, 0.29) is 5.91 Å². The molecule has 1 aliphatic heterocycles. The third kappa shape index (κ3) is 3.66. The van der Waals surface area contributed by atoms with E-state index in [1.54, 1.807) is 6.07 Å². The van der Waals surface area contributed by atoms with E-state index in [0.29, 0.717) is 29.3 Å². The van der Waals surface area contributed by atoms with Crippen molar-refractivity contribution in [3.63, 3.8) is 0 Å². The van der Waals surface area contributed by atoms with Crippen LogP contribution in [0.2, 0.25) is 0 Å². The first kappa shape index (κ1) is 16.9. The first-order valence-electron chi connectivity index (χ1n) is 8.06. The summed E-state index contributed by atoms with van der Waals surface area (Å²) in [6, 6.07) is 5.16. The lowest BCUT2D eigenvalue weighted by Crippen LogP contribution is -2.29. The Bertz CT molecular complexity index is 920. The summed E-state index contributed by atoms with van der Waals surface area (Å²) in [5.74, 6) is -1.41. The van der Waals surface area contributed by atoms with Gasteiger partial charge in [0, 0.05) is 37.0 Å². The molecule has 3 heterocycles. The van der Waals surface area contributed by atoms with Gasteiger partial charge >= 0.3 is 0 Å². The molecule has 5 nitrogen and oxygen atoms in total. The zero-order valence-electron chi connectivity index (χ0n) is 13.7. The number of furan rings is 1. The molecule has 8 heteroatoms. The number of nitrogens with zero attached hydrogens (tertiary/aromatic N) is 2. The van der Waals surface area contributed by atoms with Crippen LogP contribution in [0.3, 0.4) is 0 Å². The van der Waals surface area contributed by atoms with Crippen molar-refractivity contribution in [1.29, 1.82) is 0 Å². The number of carbonyl (C=O) groups excluding carboxylic acids is 1. The van der Waals surface area contributed by atoms with Crippen LogP contribution in [0, 0.1) is 11.6 Å². The Kier molecular flexibility index (Phi) is 4.52. The van der Waals surface area contributed by atoms with E-state index in [9.17, 15) is 13.6 Å². The van der Waals surface area contributed by atoms with Crippen molar-refractivity contribution in [2.45, 2.75) is 19.5 Å². The lowest BCUT2D eigenvalue weighted by Gasteiger charge is -2.25. The number of hydrogen-bond acceptors (Lipinski definition) is 5. The molecule has 4 rings (SSSR count). The van der Waals surface area contributed by atoms with Gasteiger partial charge in [-0.25, -0.2) is 13.8 Å². The molecule has 0 saturated heterocycles. The number of thiazole rings is 1. The van der Waals surface area contributed by atoms with Crippen molar-refractivity contribution < 1.29 is 18.0 Å². The Morgan fingerprint density at radius 2 is 2.12 bits per heavy atom. The highest BCUT2D eigenvalue weighted by Crippen LogP contribution is 2.29. The van der Waals surface area contributed by atoms with Crippen molar-refractivity contribution in [2.24, 2.45) is 0 Å². The Balaban J connectivity index is 1.44. The van der Waals surface area contributed by atoms with Gasteiger partial charge in [-0.1, -0.05) is 0 Å². The molecule has 0 aliphatic carbocycles. The van der Waals surface area contributed by atoms with Crippen LogP contribution < -0.4 is 5.32 Å². The van der Waals surface area contributed by atoms with Crippen LogP contribution in [0.1, 0.15) is 26.5 Å². The SMILES string of the molecule is O=C(Nc1nc2c(s1)CN(Cc1cc(F)cc(F)c1)CC2)c1ccoc1. The fourth-order valence-electron chi connectivity index (χ4n) is 2.96. The summed E-state index contributed by atoms with van der Waals surface area (Å²) < 4.78 is 31.6. The average molecular weight is 375 g/mol. The number of aromatic nitrogens is 1. The summed E-state index contributed by atoms with van der Waals surface area (Å²) in [5.41, 5.74) is 2.00. The molecule has 0 spiro atoms. The molecule has 0 radical (unpaired) electrons. The lowest BCUT2D eigenvalue weighted by atomic mass is 10.1. The van der Waals surface area contributed by atoms with Crippen LogP contribution in [0.15, 0.2) is 41.2 Å². The van der Waals surface area contributed by atoms with Crippen molar-refractivity contribution in [1.82, 2.24) is 9.88 Å². The minimum atomic E-state index is -0.570. The van der Waals surface area contributed by atoms with Gasteiger partial charge in [0.1, 0.15) is 17.9 Å². The molecule has 1 amide bonds. The summed E-state index contributed by atoms with van der Waals surface area (Å²) >= 11 is 1.42. The van der Waals surface area contributed by atoms with E-state index >= 15 is 0 Å². The van der Waals surface area contributed by atoms with Gasteiger partial charge in [-0.15, -0.1) is 11.3 Å². The zero-order valence-corrected chi connectivity index (χ0v) is 14.5.